The van der Waals surface area contributed by atoms with Crippen molar-refractivity contribution in [3.05, 3.63) is 29.3 Å². The van der Waals surface area contributed by atoms with Gasteiger partial charge >= 0.3 is 0 Å². The van der Waals surface area contributed by atoms with Crippen molar-refractivity contribution in [2.24, 2.45) is 5.73 Å². The van der Waals surface area contributed by atoms with Gasteiger partial charge in [-0.05, 0) is 18.6 Å². The minimum absolute atomic E-state index is 0.190. The zero-order valence-electron chi connectivity index (χ0n) is 10.4. The average Bonchev–Trinajstić information content (AvgIpc) is 2.64. The molecule has 4 heteroatoms. The Balaban J connectivity index is 2.30. The second-order valence-corrected chi connectivity index (χ2v) is 4.56. The van der Waals surface area contributed by atoms with Gasteiger partial charge in [0, 0.05) is 31.2 Å². The van der Waals surface area contributed by atoms with Crippen LogP contribution in [0.25, 0.3) is 0 Å². The van der Waals surface area contributed by atoms with Crippen molar-refractivity contribution in [3.63, 3.8) is 0 Å². The quantitative estimate of drug-likeness (QED) is 0.815. The van der Waals surface area contributed by atoms with Gasteiger partial charge in [-0.3, -0.25) is 4.90 Å². The molecule has 1 heterocycles. The van der Waals surface area contributed by atoms with Gasteiger partial charge in [-0.2, -0.15) is 0 Å². The van der Waals surface area contributed by atoms with Crippen LogP contribution in [-0.4, -0.2) is 36.3 Å². The summed E-state index contributed by atoms with van der Waals surface area (Å²) in [6, 6.07) is 6.25. The molecule has 1 aromatic carbocycles. The molecule has 0 fully saturated rings. The van der Waals surface area contributed by atoms with E-state index in [1.807, 2.05) is 12.1 Å². The molecular formula is C13H20N2O2. The largest absolute Gasteiger partial charge is 0.496 e. The molecule has 17 heavy (non-hydrogen) atoms. The number of fused-ring (bicyclic) bond motifs is 1. The van der Waals surface area contributed by atoms with Crippen LogP contribution < -0.4 is 10.5 Å². The predicted octanol–water partition coefficient (Wildman–Crippen LogP) is 0.891. The van der Waals surface area contributed by atoms with Gasteiger partial charge in [0.2, 0.25) is 0 Å². The van der Waals surface area contributed by atoms with E-state index in [0.29, 0.717) is 13.1 Å². The number of aliphatic hydroxyl groups excluding tert-OH is 1. The summed E-state index contributed by atoms with van der Waals surface area (Å²) >= 11 is 0. The third kappa shape index (κ3) is 2.29. The highest BCUT2D eigenvalue weighted by atomic mass is 16.5. The van der Waals surface area contributed by atoms with Crippen LogP contribution in [0.1, 0.15) is 24.1 Å². The maximum atomic E-state index is 9.52. The zero-order valence-corrected chi connectivity index (χ0v) is 10.4. The van der Waals surface area contributed by atoms with Crippen molar-refractivity contribution in [2.45, 2.75) is 25.6 Å². The summed E-state index contributed by atoms with van der Waals surface area (Å²) in [6.07, 6.45) is -0.343. The molecule has 1 aromatic rings. The molecule has 0 bridgehead atoms. The molecule has 2 atom stereocenters. The van der Waals surface area contributed by atoms with Crippen molar-refractivity contribution >= 4 is 0 Å². The van der Waals surface area contributed by atoms with Crippen LogP contribution >= 0.6 is 0 Å². The fourth-order valence-corrected chi connectivity index (χ4v) is 2.57. The molecule has 94 valence electrons. The van der Waals surface area contributed by atoms with E-state index in [2.05, 4.69) is 11.0 Å². The summed E-state index contributed by atoms with van der Waals surface area (Å²) in [7, 11) is 1.68. The lowest BCUT2D eigenvalue weighted by atomic mass is 10.0. The van der Waals surface area contributed by atoms with Gasteiger partial charge in [0.05, 0.1) is 13.2 Å². The first kappa shape index (κ1) is 12.4. The van der Waals surface area contributed by atoms with E-state index in [9.17, 15) is 5.11 Å². The summed E-state index contributed by atoms with van der Waals surface area (Å²) in [5.41, 5.74) is 8.27. The first-order valence-corrected chi connectivity index (χ1v) is 5.95. The molecule has 0 saturated carbocycles. The fraction of sp³-hybridized carbons (Fsp3) is 0.538. The molecule has 2 rings (SSSR count). The number of methoxy groups -OCH3 is 1. The molecule has 4 nitrogen and oxygen atoms in total. The van der Waals surface area contributed by atoms with Gasteiger partial charge in [0.1, 0.15) is 5.75 Å². The van der Waals surface area contributed by atoms with Crippen molar-refractivity contribution in [1.29, 1.82) is 0 Å². The van der Waals surface area contributed by atoms with Crippen LogP contribution in [0.3, 0.4) is 0 Å². The Hall–Kier alpha value is -1.10. The number of β-amino-alcohol motifs (C(OH)–C–C–N with tert-alkyl or cyclic N) is 1. The number of rotatable bonds is 4. The van der Waals surface area contributed by atoms with Crippen LogP contribution in [-0.2, 0) is 6.54 Å². The minimum Gasteiger partial charge on any atom is -0.496 e. The van der Waals surface area contributed by atoms with Crippen LogP contribution in [0.2, 0.25) is 0 Å². The number of nitrogens with two attached hydrogens (primary N) is 1. The molecule has 0 saturated heterocycles. The molecule has 2 unspecified atom stereocenters. The highest BCUT2D eigenvalue weighted by molar-refractivity contribution is 5.44. The number of ether oxygens (including phenoxy) is 1. The number of hydrogen-bond acceptors (Lipinski definition) is 4. The highest BCUT2D eigenvalue weighted by Gasteiger charge is 2.31. The summed E-state index contributed by atoms with van der Waals surface area (Å²) < 4.78 is 5.37. The van der Waals surface area contributed by atoms with Crippen LogP contribution in [0.4, 0.5) is 0 Å². The number of hydrogen-bond donors (Lipinski definition) is 2. The predicted molar refractivity (Wildman–Crippen MR) is 66.9 cm³/mol. The third-order valence-electron chi connectivity index (χ3n) is 3.27. The van der Waals surface area contributed by atoms with E-state index in [1.54, 1.807) is 14.0 Å². The summed E-state index contributed by atoms with van der Waals surface area (Å²) in [6.45, 7) is 3.80. The lowest BCUT2D eigenvalue weighted by Gasteiger charge is -2.24. The fourth-order valence-electron chi connectivity index (χ4n) is 2.57. The first-order chi connectivity index (χ1) is 8.17. The van der Waals surface area contributed by atoms with Gasteiger partial charge in [-0.1, -0.05) is 12.1 Å². The van der Waals surface area contributed by atoms with Crippen LogP contribution in [0.15, 0.2) is 18.2 Å². The molecule has 0 amide bonds. The highest BCUT2D eigenvalue weighted by Crippen LogP contribution is 2.37. The van der Waals surface area contributed by atoms with Crippen LogP contribution in [0.5, 0.6) is 5.75 Å². The monoisotopic (exact) mass is 236 g/mol. The Morgan fingerprint density at radius 2 is 2.35 bits per heavy atom. The molecular weight excluding hydrogens is 216 g/mol. The maximum Gasteiger partial charge on any atom is 0.123 e. The normalized spacial score (nSPS) is 21.3. The number of nitrogens with zero attached hydrogens (tertiary/aromatic N) is 1. The first-order valence-electron chi connectivity index (χ1n) is 5.95. The lowest BCUT2D eigenvalue weighted by molar-refractivity contribution is 0.105. The lowest BCUT2D eigenvalue weighted by Crippen LogP contribution is -2.33. The van der Waals surface area contributed by atoms with E-state index in [0.717, 1.165) is 12.3 Å². The summed E-state index contributed by atoms with van der Waals surface area (Å²) in [5.74, 6) is 0.911. The van der Waals surface area contributed by atoms with E-state index < -0.39 is 0 Å². The van der Waals surface area contributed by atoms with Gasteiger partial charge in [-0.25, -0.2) is 0 Å². The molecule has 0 spiro atoms. The Kier molecular flexibility index (Phi) is 3.66. The van der Waals surface area contributed by atoms with Gasteiger partial charge in [0.15, 0.2) is 0 Å². The smallest absolute Gasteiger partial charge is 0.123 e. The Labute approximate surface area is 102 Å². The van der Waals surface area contributed by atoms with E-state index in [1.165, 1.54) is 11.1 Å². The van der Waals surface area contributed by atoms with Gasteiger partial charge in [0.25, 0.3) is 0 Å². The Morgan fingerprint density at radius 3 is 2.94 bits per heavy atom. The molecule has 1 aliphatic heterocycles. The standard InChI is InChI=1S/C13H20N2O2/c1-9(16)7-15-8-11-10(12(15)6-14)4-3-5-13(11)17-2/h3-5,9,12,16H,6-8,14H2,1-2H3. The van der Waals surface area contributed by atoms with E-state index in [-0.39, 0.29) is 12.1 Å². The van der Waals surface area contributed by atoms with Crippen molar-refractivity contribution in [3.8, 4) is 5.75 Å². The van der Waals surface area contributed by atoms with Crippen molar-refractivity contribution in [1.82, 2.24) is 4.90 Å². The minimum atomic E-state index is -0.343. The summed E-state index contributed by atoms with van der Waals surface area (Å²) in [5, 5.41) is 9.52. The van der Waals surface area contributed by atoms with Gasteiger partial charge in [-0.15, -0.1) is 0 Å². The van der Waals surface area contributed by atoms with E-state index >= 15 is 0 Å². The second-order valence-electron chi connectivity index (χ2n) is 4.56. The molecule has 0 radical (unpaired) electrons. The molecule has 0 aromatic heterocycles. The SMILES string of the molecule is COc1cccc2c1CN(CC(C)O)C2CN. The number of benzene rings is 1. The number of aliphatic hydroxyl groups is 1. The average molecular weight is 236 g/mol. The zero-order chi connectivity index (χ0) is 12.4. The Bertz CT molecular complexity index is 393. The molecule has 3 N–H and O–H groups in total. The van der Waals surface area contributed by atoms with Gasteiger partial charge < -0.3 is 15.6 Å². The van der Waals surface area contributed by atoms with E-state index in [4.69, 9.17) is 10.5 Å². The third-order valence-corrected chi connectivity index (χ3v) is 3.27. The molecule has 0 aliphatic carbocycles. The van der Waals surface area contributed by atoms with Crippen LogP contribution in [0, 0.1) is 0 Å². The summed E-state index contributed by atoms with van der Waals surface area (Å²) in [4.78, 5) is 2.21. The topological polar surface area (TPSA) is 58.7 Å². The molecule has 1 aliphatic rings. The van der Waals surface area contributed by atoms with Crippen molar-refractivity contribution < 1.29 is 9.84 Å². The Morgan fingerprint density at radius 1 is 1.59 bits per heavy atom. The maximum absolute atomic E-state index is 9.52. The second kappa shape index (κ2) is 5.04. The van der Waals surface area contributed by atoms with Crippen molar-refractivity contribution in [2.75, 3.05) is 20.2 Å².